The van der Waals surface area contributed by atoms with Crippen molar-refractivity contribution in [3.05, 3.63) is 0 Å². The van der Waals surface area contributed by atoms with Gasteiger partial charge in [0, 0.05) is 0 Å². The molecule has 1 N–H and O–H groups in total. The smallest absolute Gasteiger partial charge is 0.0673 e. The molecule has 0 bridgehead atoms. The van der Waals surface area contributed by atoms with E-state index in [1.165, 1.54) is 44.9 Å². The molecule has 0 aromatic rings. The van der Waals surface area contributed by atoms with Gasteiger partial charge in [0.25, 0.3) is 0 Å². The summed E-state index contributed by atoms with van der Waals surface area (Å²) in [6.07, 6.45) is 11.1. The molecule has 0 aromatic carbocycles. The molecule has 84 valence electrons. The van der Waals surface area contributed by atoms with E-state index in [1.54, 1.807) is 0 Å². The van der Waals surface area contributed by atoms with E-state index in [0.29, 0.717) is 5.92 Å². The Balaban J connectivity index is 2.08. The number of unbranched alkanes of at least 4 members (excludes halogenated alkanes) is 4. The highest BCUT2D eigenvalue weighted by Gasteiger charge is 2.41. The van der Waals surface area contributed by atoms with Crippen molar-refractivity contribution < 1.29 is 5.11 Å². The summed E-state index contributed by atoms with van der Waals surface area (Å²) < 4.78 is 0. The quantitative estimate of drug-likeness (QED) is 0.586. The zero-order valence-corrected chi connectivity index (χ0v) is 9.89. The van der Waals surface area contributed by atoms with Crippen molar-refractivity contribution in [3.63, 3.8) is 0 Å². The summed E-state index contributed by atoms with van der Waals surface area (Å²) in [5, 5.41) is 10.3. The Kier molecular flexibility index (Phi) is 4.94. The van der Waals surface area contributed by atoms with Crippen molar-refractivity contribution in [1.29, 1.82) is 0 Å². The summed E-state index contributed by atoms with van der Waals surface area (Å²) in [6.45, 7) is 4.37. The summed E-state index contributed by atoms with van der Waals surface area (Å²) in [6, 6.07) is 0. The lowest BCUT2D eigenvalue weighted by Crippen LogP contribution is -2.30. The molecule has 0 amide bonds. The zero-order valence-electron chi connectivity index (χ0n) is 9.89. The normalized spacial score (nSPS) is 20.8. The lowest BCUT2D eigenvalue weighted by Gasteiger charge is -2.26. The lowest BCUT2D eigenvalue weighted by atomic mass is 9.88. The molecular weight excluding hydrogens is 172 g/mol. The maximum Gasteiger partial charge on any atom is 0.0673 e. The molecule has 0 spiro atoms. The van der Waals surface area contributed by atoms with E-state index in [4.69, 9.17) is 0 Å². The molecule has 0 heterocycles. The first-order valence-electron chi connectivity index (χ1n) is 6.45. The van der Waals surface area contributed by atoms with Gasteiger partial charge in [-0.1, -0.05) is 46.0 Å². The van der Waals surface area contributed by atoms with Gasteiger partial charge in [0.05, 0.1) is 5.60 Å². The van der Waals surface area contributed by atoms with Crippen molar-refractivity contribution in [2.45, 2.75) is 77.2 Å². The van der Waals surface area contributed by atoms with Crippen molar-refractivity contribution in [3.8, 4) is 0 Å². The fourth-order valence-electron chi connectivity index (χ4n) is 2.32. The topological polar surface area (TPSA) is 20.2 Å². The molecule has 0 saturated heterocycles. The molecule has 1 heteroatoms. The second kappa shape index (κ2) is 5.75. The van der Waals surface area contributed by atoms with Crippen LogP contribution in [-0.4, -0.2) is 10.7 Å². The average Bonchev–Trinajstić information content (AvgIpc) is 3.01. The van der Waals surface area contributed by atoms with Crippen LogP contribution in [0.3, 0.4) is 0 Å². The highest BCUT2D eigenvalue weighted by Crippen LogP contribution is 2.44. The van der Waals surface area contributed by atoms with Gasteiger partial charge in [-0.25, -0.2) is 0 Å². The fourth-order valence-corrected chi connectivity index (χ4v) is 2.32. The molecule has 1 fully saturated rings. The monoisotopic (exact) mass is 198 g/mol. The number of aliphatic hydroxyl groups is 1. The Morgan fingerprint density at radius 1 is 1.07 bits per heavy atom. The first-order chi connectivity index (χ1) is 6.73. The minimum atomic E-state index is -0.299. The summed E-state index contributed by atoms with van der Waals surface area (Å²) in [7, 11) is 0. The van der Waals surface area contributed by atoms with Crippen LogP contribution in [0, 0.1) is 5.92 Å². The number of rotatable bonds is 8. The molecule has 0 aromatic heterocycles. The Hall–Kier alpha value is -0.0400. The predicted octanol–water partition coefficient (Wildman–Crippen LogP) is 3.90. The molecular formula is C13H26O. The van der Waals surface area contributed by atoms with Gasteiger partial charge in [-0.3, -0.25) is 0 Å². The van der Waals surface area contributed by atoms with Gasteiger partial charge in [0.2, 0.25) is 0 Å². The van der Waals surface area contributed by atoms with E-state index in [0.717, 1.165) is 12.8 Å². The standard InChI is InChI=1S/C13H26O/c1-3-5-6-7-8-11-13(14,4-2)12-9-10-12/h12,14H,3-11H2,1-2H3. The maximum absolute atomic E-state index is 10.3. The fraction of sp³-hybridized carbons (Fsp3) is 1.00. The zero-order chi connectivity index (χ0) is 10.4. The molecule has 1 saturated carbocycles. The molecule has 0 aliphatic heterocycles. The van der Waals surface area contributed by atoms with Crippen LogP contribution in [-0.2, 0) is 0 Å². The summed E-state index contributed by atoms with van der Waals surface area (Å²) in [5.41, 5.74) is -0.299. The van der Waals surface area contributed by atoms with Crippen LogP contribution in [0.25, 0.3) is 0 Å². The lowest BCUT2D eigenvalue weighted by molar-refractivity contribution is 0.00284. The van der Waals surface area contributed by atoms with E-state index < -0.39 is 0 Å². The Bertz CT molecular complexity index is 151. The maximum atomic E-state index is 10.3. The van der Waals surface area contributed by atoms with Crippen LogP contribution >= 0.6 is 0 Å². The first kappa shape index (κ1) is 12.0. The average molecular weight is 198 g/mol. The van der Waals surface area contributed by atoms with Crippen LogP contribution in [0.5, 0.6) is 0 Å². The van der Waals surface area contributed by atoms with E-state index in [1.807, 2.05) is 0 Å². The van der Waals surface area contributed by atoms with E-state index in [2.05, 4.69) is 13.8 Å². The third kappa shape index (κ3) is 3.61. The molecule has 14 heavy (non-hydrogen) atoms. The van der Waals surface area contributed by atoms with Crippen LogP contribution in [0.2, 0.25) is 0 Å². The number of hydrogen-bond acceptors (Lipinski definition) is 1. The molecule has 1 nitrogen and oxygen atoms in total. The van der Waals surface area contributed by atoms with Crippen LogP contribution in [0.15, 0.2) is 0 Å². The van der Waals surface area contributed by atoms with Crippen molar-refractivity contribution in [2.24, 2.45) is 5.92 Å². The third-order valence-electron chi connectivity index (χ3n) is 3.66. The van der Waals surface area contributed by atoms with Crippen molar-refractivity contribution in [2.75, 3.05) is 0 Å². The van der Waals surface area contributed by atoms with E-state index in [-0.39, 0.29) is 5.60 Å². The highest BCUT2D eigenvalue weighted by molar-refractivity contribution is 4.93. The third-order valence-corrected chi connectivity index (χ3v) is 3.66. The minimum Gasteiger partial charge on any atom is -0.390 e. The van der Waals surface area contributed by atoms with Gasteiger partial charge in [-0.05, 0) is 31.6 Å². The van der Waals surface area contributed by atoms with Crippen molar-refractivity contribution >= 4 is 0 Å². The van der Waals surface area contributed by atoms with Gasteiger partial charge in [0.15, 0.2) is 0 Å². The van der Waals surface area contributed by atoms with Gasteiger partial charge < -0.3 is 5.11 Å². The Morgan fingerprint density at radius 2 is 1.71 bits per heavy atom. The number of hydrogen-bond donors (Lipinski definition) is 1. The van der Waals surface area contributed by atoms with Crippen LogP contribution in [0.4, 0.5) is 0 Å². The second-order valence-corrected chi connectivity index (χ2v) is 4.90. The van der Waals surface area contributed by atoms with Gasteiger partial charge in [0.1, 0.15) is 0 Å². The predicted molar refractivity (Wildman–Crippen MR) is 61.3 cm³/mol. The molecule has 1 aliphatic rings. The van der Waals surface area contributed by atoms with Crippen LogP contribution < -0.4 is 0 Å². The summed E-state index contributed by atoms with van der Waals surface area (Å²) in [5.74, 6) is 0.638. The molecule has 1 atom stereocenters. The Morgan fingerprint density at radius 3 is 2.21 bits per heavy atom. The van der Waals surface area contributed by atoms with Gasteiger partial charge in [-0.15, -0.1) is 0 Å². The summed E-state index contributed by atoms with van der Waals surface area (Å²) >= 11 is 0. The molecule has 1 aliphatic carbocycles. The first-order valence-corrected chi connectivity index (χ1v) is 6.45. The minimum absolute atomic E-state index is 0.299. The van der Waals surface area contributed by atoms with Crippen LogP contribution in [0.1, 0.15) is 71.6 Å². The van der Waals surface area contributed by atoms with Crippen molar-refractivity contribution in [1.82, 2.24) is 0 Å². The second-order valence-electron chi connectivity index (χ2n) is 4.90. The van der Waals surface area contributed by atoms with Gasteiger partial charge >= 0.3 is 0 Å². The molecule has 1 unspecified atom stereocenters. The SMILES string of the molecule is CCCCCCCC(O)(CC)C1CC1. The van der Waals surface area contributed by atoms with Gasteiger partial charge in [-0.2, -0.15) is 0 Å². The summed E-state index contributed by atoms with van der Waals surface area (Å²) in [4.78, 5) is 0. The van der Waals surface area contributed by atoms with E-state index >= 15 is 0 Å². The molecule has 1 rings (SSSR count). The highest BCUT2D eigenvalue weighted by atomic mass is 16.3. The molecule has 0 radical (unpaired) electrons. The Labute approximate surface area is 88.9 Å². The largest absolute Gasteiger partial charge is 0.390 e. The van der Waals surface area contributed by atoms with E-state index in [9.17, 15) is 5.11 Å².